The number of fused-ring (bicyclic) bond motifs is 1. The molecule has 44 heavy (non-hydrogen) atoms. The maximum atomic E-state index is 14.4. The van der Waals surface area contributed by atoms with Crippen LogP contribution in [-0.2, 0) is 17.5 Å². The summed E-state index contributed by atoms with van der Waals surface area (Å²) >= 11 is 0. The lowest BCUT2D eigenvalue weighted by molar-refractivity contribution is -0.154. The summed E-state index contributed by atoms with van der Waals surface area (Å²) in [6, 6.07) is 12.7. The number of carbonyl (C=O) groups is 1. The van der Waals surface area contributed by atoms with Gasteiger partial charge in [0.25, 0.3) is 5.76 Å². The molecule has 0 N–H and O–H groups in total. The molecule has 0 atom stereocenters. The van der Waals surface area contributed by atoms with Gasteiger partial charge in [-0.2, -0.15) is 13.2 Å². The molecule has 1 fully saturated rings. The molecule has 0 saturated carbocycles. The standard InChI is InChI=1S/C31H28F3NO9/c1-38-19-5-7-20(8-6-19)42-28-26(36)21-9-11-23(43-30(37)18-4-10-24(39-2)25(16-18)40-3)22(17-35-12-14-41-15-13-35)27(21)44-29(28)31(32,33)34/h4-11,16H,12-15,17H2,1-3H3. The highest BCUT2D eigenvalue weighted by Gasteiger charge is 2.41. The van der Waals surface area contributed by atoms with E-state index in [9.17, 15) is 22.8 Å². The van der Waals surface area contributed by atoms with Crippen molar-refractivity contribution in [1.29, 1.82) is 0 Å². The number of morpholine rings is 1. The van der Waals surface area contributed by atoms with E-state index < -0.39 is 29.1 Å². The summed E-state index contributed by atoms with van der Waals surface area (Å²) in [5.41, 5.74) is -1.25. The van der Waals surface area contributed by atoms with Gasteiger partial charge in [0.15, 0.2) is 11.5 Å². The first-order chi connectivity index (χ1) is 21.1. The average Bonchev–Trinajstić information content (AvgIpc) is 3.03. The Hall–Kier alpha value is -4.75. The van der Waals surface area contributed by atoms with E-state index in [0.29, 0.717) is 37.8 Å². The van der Waals surface area contributed by atoms with Gasteiger partial charge in [-0.05, 0) is 54.6 Å². The average molecular weight is 616 g/mol. The molecule has 232 valence electrons. The quantitative estimate of drug-likeness (QED) is 0.172. The van der Waals surface area contributed by atoms with Crippen molar-refractivity contribution in [2.24, 2.45) is 0 Å². The highest BCUT2D eigenvalue weighted by atomic mass is 19.4. The van der Waals surface area contributed by atoms with Crippen molar-refractivity contribution in [1.82, 2.24) is 4.90 Å². The van der Waals surface area contributed by atoms with Gasteiger partial charge < -0.3 is 32.8 Å². The zero-order chi connectivity index (χ0) is 31.4. The first-order valence-corrected chi connectivity index (χ1v) is 13.4. The zero-order valence-electron chi connectivity index (χ0n) is 24.0. The normalized spacial score (nSPS) is 13.9. The highest BCUT2D eigenvalue weighted by molar-refractivity contribution is 5.93. The summed E-state index contributed by atoms with van der Waals surface area (Å²) in [6.45, 7) is 1.70. The van der Waals surface area contributed by atoms with E-state index in [1.165, 1.54) is 75.9 Å². The number of nitrogens with zero attached hydrogens (tertiary/aromatic N) is 1. The maximum absolute atomic E-state index is 14.4. The van der Waals surface area contributed by atoms with Crippen LogP contribution in [0.3, 0.4) is 0 Å². The first-order valence-electron chi connectivity index (χ1n) is 13.4. The van der Waals surface area contributed by atoms with Crippen LogP contribution in [0.25, 0.3) is 11.0 Å². The fourth-order valence-corrected chi connectivity index (χ4v) is 4.67. The molecule has 1 saturated heterocycles. The third-order valence-corrected chi connectivity index (χ3v) is 6.92. The third-order valence-electron chi connectivity index (χ3n) is 6.92. The van der Waals surface area contributed by atoms with Crippen molar-refractivity contribution in [2.45, 2.75) is 12.7 Å². The highest BCUT2D eigenvalue weighted by Crippen LogP contribution is 2.41. The van der Waals surface area contributed by atoms with Crippen LogP contribution in [0.15, 0.2) is 63.8 Å². The molecule has 5 rings (SSSR count). The van der Waals surface area contributed by atoms with E-state index in [4.69, 9.17) is 32.8 Å². The van der Waals surface area contributed by atoms with Crippen LogP contribution in [0.5, 0.6) is 34.5 Å². The van der Waals surface area contributed by atoms with Gasteiger partial charge in [-0.25, -0.2) is 4.79 Å². The van der Waals surface area contributed by atoms with Crippen LogP contribution in [0.1, 0.15) is 21.7 Å². The molecule has 1 aliphatic rings. The Labute approximate surface area is 249 Å². The summed E-state index contributed by atoms with van der Waals surface area (Å²) in [6.07, 6.45) is -5.10. The number of hydrogen-bond donors (Lipinski definition) is 0. The van der Waals surface area contributed by atoms with Crippen molar-refractivity contribution in [3.63, 3.8) is 0 Å². The number of carbonyl (C=O) groups excluding carboxylic acids is 1. The topological polar surface area (TPSA) is 106 Å². The largest absolute Gasteiger partial charge is 0.497 e. The van der Waals surface area contributed by atoms with Crippen LogP contribution in [0.2, 0.25) is 0 Å². The van der Waals surface area contributed by atoms with E-state index in [1.54, 1.807) is 0 Å². The van der Waals surface area contributed by atoms with Crippen LogP contribution in [0, 0.1) is 0 Å². The van der Waals surface area contributed by atoms with Gasteiger partial charge in [0, 0.05) is 19.6 Å². The van der Waals surface area contributed by atoms with Crippen LogP contribution in [-0.4, -0.2) is 58.5 Å². The van der Waals surface area contributed by atoms with E-state index in [0.717, 1.165) is 0 Å². The van der Waals surface area contributed by atoms with E-state index in [-0.39, 0.29) is 45.9 Å². The molecule has 0 bridgehead atoms. The van der Waals surface area contributed by atoms with E-state index in [1.807, 2.05) is 4.90 Å². The third kappa shape index (κ3) is 6.43. The molecule has 4 aromatic rings. The fourth-order valence-electron chi connectivity index (χ4n) is 4.67. The summed E-state index contributed by atoms with van der Waals surface area (Å²) < 4.78 is 80.6. The molecule has 0 aliphatic carbocycles. The van der Waals surface area contributed by atoms with E-state index in [2.05, 4.69) is 0 Å². The van der Waals surface area contributed by atoms with Gasteiger partial charge in [0.1, 0.15) is 22.8 Å². The number of benzene rings is 3. The summed E-state index contributed by atoms with van der Waals surface area (Å²) in [5.74, 6) is -2.47. The lowest BCUT2D eigenvalue weighted by atomic mass is 10.1. The fraction of sp³-hybridized carbons (Fsp3) is 0.290. The van der Waals surface area contributed by atoms with Gasteiger partial charge in [-0.1, -0.05) is 0 Å². The minimum atomic E-state index is -5.10. The molecule has 13 heteroatoms. The van der Waals surface area contributed by atoms with Crippen molar-refractivity contribution < 1.29 is 50.8 Å². The molecule has 0 radical (unpaired) electrons. The predicted molar refractivity (Wildman–Crippen MR) is 151 cm³/mol. The second-order valence-electron chi connectivity index (χ2n) is 9.63. The van der Waals surface area contributed by atoms with Crippen molar-refractivity contribution in [3.05, 3.63) is 81.7 Å². The molecule has 1 aromatic heterocycles. The first kappa shape index (κ1) is 30.7. The van der Waals surface area contributed by atoms with Crippen molar-refractivity contribution in [3.8, 4) is 34.5 Å². The lowest BCUT2D eigenvalue weighted by Gasteiger charge is -2.27. The number of hydrogen-bond acceptors (Lipinski definition) is 10. The predicted octanol–water partition coefficient (Wildman–Crippen LogP) is 5.68. The molecular weight excluding hydrogens is 587 g/mol. The number of esters is 1. The maximum Gasteiger partial charge on any atom is 0.453 e. The number of ether oxygens (including phenoxy) is 6. The van der Waals surface area contributed by atoms with Crippen molar-refractivity contribution >= 4 is 16.9 Å². The lowest BCUT2D eigenvalue weighted by Crippen LogP contribution is -2.36. The van der Waals surface area contributed by atoms with Gasteiger partial charge in [0.05, 0.1) is 51.1 Å². The minimum Gasteiger partial charge on any atom is -0.497 e. The van der Waals surface area contributed by atoms with Crippen molar-refractivity contribution in [2.75, 3.05) is 47.6 Å². The summed E-state index contributed by atoms with van der Waals surface area (Å²) in [5, 5.41) is -0.185. The molecule has 0 spiro atoms. The Morgan fingerprint density at radius 1 is 0.864 bits per heavy atom. The molecule has 10 nitrogen and oxygen atoms in total. The van der Waals surface area contributed by atoms with Gasteiger partial charge in [-0.3, -0.25) is 9.69 Å². The Bertz CT molecular complexity index is 1710. The van der Waals surface area contributed by atoms with Crippen LogP contribution >= 0.6 is 0 Å². The van der Waals surface area contributed by atoms with Crippen LogP contribution < -0.4 is 29.1 Å². The SMILES string of the molecule is COc1ccc(Oc2c(C(F)(F)F)oc3c(CN4CCOCC4)c(OC(=O)c4ccc(OC)c(OC)c4)ccc3c2=O)cc1. The number of rotatable bonds is 9. The Kier molecular flexibility index (Phi) is 8.97. The molecule has 3 aromatic carbocycles. The molecule has 0 unspecified atom stereocenters. The number of halogens is 3. The Morgan fingerprint density at radius 3 is 2.16 bits per heavy atom. The Balaban J connectivity index is 1.63. The van der Waals surface area contributed by atoms with Crippen LogP contribution in [0.4, 0.5) is 13.2 Å². The molecular formula is C31H28F3NO9. The monoisotopic (exact) mass is 615 g/mol. The minimum absolute atomic E-state index is 0.00810. The van der Waals surface area contributed by atoms with Gasteiger partial charge >= 0.3 is 12.1 Å². The number of alkyl halides is 3. The molecule has 0 amide bonds. The van der Waals surface area contributed by atoms with Gasteiger partial charge in [0.2, 0.25) is 11.2 Å². The zero-order valence-corrected chi connectivity index (χ0v) is 24.0. The summed E-state index contributed by atoms with van der Waals surface area (Å²) in [4.78, 5) is 28.7. The van der Waals surface area contributed by atoms with E-state index >= 15 is 0 Å². The summed E-state index contributed by atoms with van der Waals surface area (Å²) in [7, 11) is 4.28. The smallest absolute Gasteiger partial charge is 0.453 e. The second-order valence-corrected chi connectivity index (χ2v) is 9.63. The second kappa shape index (κ2) is 12.9. The number of methoxy groups -OCH3 is 3. The molecule has 2 heterocycles. The van der Waals surface area contributed by atoms with Gasteiger partial charge in [-0.15, -0.1) is 0 Å². The Morgan fingerprint density at radius 2 is 1.52 bits per heavy atom. The molecule has 1 aliphatic heterocycles.